The van der Waals surface area contributed by atoms with Crippen molar-refractivity contribution in [2.45, 2.75) is 33.2 Å². The lowest BCUT2D eigenvalue weighted by Gasteiger charge is -2.11. The molecule has 0 bridgehead atoms. The van der Waals surface area contributed by atoms with E-state index in [1.807, 2.05) is 66.9 Å². The van der Waals surface area contributed by atoms with E-state index < -0.39 is 0 Å². The van der Waals surface area contributed by atoms with Crippen LogP contribution in [0.1, 0.15) is 28.9 Å². The molecule has 1 N–H and O–H groups in total. The van der Waals surface area contributed by atoms with Crippen molar-refractivity contribution in [3.8, 4) is 28.5 Å². The number of nitrogens with zero attached hydrogens (tertiary/aromatic N) is 3. The fraction of sp³-hybridized carbons (Fsp3) is 0.269. The Morgan fingerprint density at radius 2 is 1.94 bits per heavy atom. The molecule has 0 unspecified atom stereocenters. The molecule has 1 aliphatic rings. The zero-order chi connectivity index (χ0) is 23.7. The van der Waals surface area contributed by atoms with Gasteiger partial charge in [-0.05, 0) is 55.7 Å². The molecule has 2 aromatic carbocycles. The molecule has 0 saturated carbocycles. The Kier molecular flexibility index (Phi) is 5.79. The fourth-order valence-electron chi connectivity index (χ4n) is 4.25. The highest BCUT2D eigenvalue weighted by atomic mass is 16.7. The van der Waals surface area contributed by atoms with Gasteiger partial charge in [-0.15, -0.1) is 0 Å². The number of nitrogens with one attached hydrogen (secondary N) is 1. The number of hydrogen-bond donors (Lipinski definition) is 1. The number of aryl methyl sites for hydroxylation is 2. The van der Waals surface area contributed by atoms with Crippen molar-refractivity contribution in [3.63, 3.8) is 0 Å². The highest BCUT2D eigenvalue weighted by molar-refractivity contribution is 5.76. The summed E-state index contributed by atoms with van der Waals surface area (Å²) in [4.78, 5) is 17.3. The molecule has 0 radical (unpaired) electrons. The fourth-order valence-corrected chi connectivity index (χ4v) is 4.25. The van der Waals surface area contributed by atoms with Gasteiger partial charge in [-0.1, -0.05) is 18.2 Å². The van der Waals surface area contributed by atoms with E-state index in [9.17, 15) is 4.79 Å². The van der Waals surface area contributed by atoms with Crippen molar-refractivity contribution in [1.82, 2.24) is 19.9 Å². The molecule has 0 saturated heterocycles. The summed E-state index contributed by atoms with van der Waals surface area (Å²) in [6, 6.07) is 15.4. The minimum atomic E-state index is -0.0215. The van der Waals surface area contributed by atoms with Crippen LogP contribution in [0.4, 0.5) is 0 Å². The molecule has 1 aliphatic heterocycles. The van der Waals surface area contributed by atoms with Crippen LogP contribution in [0.2, 0.25) is 0 Å². The zero-order valence-electron chi connectivity index (χ0n) is 19.4. The van der Waals surface area contributed by atoms with Crippen molar-refractivity contribution >= 4 is 11.6 Å². The second kappa shape index (κ2) is 9.05. The van der Waals surface area contributed by atoms with E-state index in [1.165, 1.54) is 0 Å². The van der Waals surface area contributed by atoms with E-state index >= 15 is 0 Å². The number of benzene rings is 2. The Morgan fingerprint density at radius 3 is 2.79 bits per heavy atom. The third-order valence-corrected chi connectivity index (χ3v) is 6.08. The Balaban J connectivity index is 1.29. The maximum Gasteiger partial charge on any atom is 0.231 e. The normalized spacial score (nSPS) is 12.2. The molecule has 4 aromatic rings. The summed E-state index contributed by atoms with van der Waals surface area (Å²) < 4.78 is 18.1. The predicted molar refractivity (Wildman–Crippen MR) is 127 cm³/mol. The van der Waals surface area contributed by atoms with Crippen LogP contribution in [0, 0.1) is 13.8 Å². The van der Waals surface area contributed by atoms with Gasteiger partial charge in [-0.2, -0.15) is 5.10 Å². The van der Waals surface area contributed by atoms with Crippen LogP contribution in [-0.4, -0.2) is 34.4 Å². The number of carbonyl (C=O) groups is 1. The van der Waals surface area contributed by atoms with E-state index in [0.29, 0.717) is 25.1 Å². The standard InChI is InChI=1S/C26H26N4O4/c1-16-19(9-11-26(31)27-14-18-8-10-23-24(12-18)34-15-33-23)17(2)30-25(28-16)13-21(29-30)20-6-4-5-7-22(20)32-3/h4-8,10,12-13H,9,11,14-15H2,1-3H3,(H,27,31). The van der Waals surface area contributed by atoms with E-state index in [-0.39, 0.29) is 12.7 Å². The maximum atomic E-state index is 12.5. The van der Waals surface area contributed by atoms with Crippen molar-refractivity contribution in [2.24, 2.45) is 0 Å². The van der Waals surface area contributed by atoms with Gasteiger partial charge in [-0.3, -0.25) is 4.79 Å². The SMILES string of the molecule is COc1ccccc1-c1cc2nc(C)c(CCC(=O)NCc3ccc4c(c3)OCO4)c(C)n2n1. The van der Waals surface area contributed by atoms with Crippen LogP contribution in [0.15, 0.2) is 48.5 Å². The number of amides is 1. The van der Waals surface area contributed by atoms with Gasteiger partial charge in [0, 0.05) is 36.0 Å². The first-order chi connectivity index (χ1) is 16.5. The summed E-state index contributed by atoms with van der Waals surface area (Å²) in [5.41, 5.74) is 6.36. The summed E-state index contributed by atoms with van der Waals surface area (Å²) in [5.74, 6) is 2.19. The molecule has 0 fully saturated rings. The second-order valence-electron chi connectivity index (χ2n) is 8.23. The molecular weight excluding hydrogens is 432 g/mol. The lowest BCUT2D eigenvalue weighted by Crippen LogP contribution is -2.23. The quantitative estimate of drug-likeness (QED) is 0.451. The number of aromatic nitrogens is 3. The summed E-state index contributed by atoms with van der Waals surface area (Å²) in [7, 11) is 1.65. The number of fused-ring (bicyclic) bond motifs is 2. The van der Waals surface area contributed by atoms with Gasteiger partial charge >= 0.3 is 0 Å². The molecule has 0 spiro atoms. The van der Waals surface area contributed by atoms with Gasteiger partial charge in [0.15, 0.2) is 17.1 Å². The molecule has 3 heterocycles. The van der Waals surface area contributed by atoms with E-state index in [4.69, 9.17) is 24.3 Å². The monoisotopic (exact) mass is 458 g/mol. The Morgan fingerprint density at radius 1 is 1.12 bits per heavy atom. The molecule has 5 rings (SSSR count). The highest BCUT2D eigenvalue weighted by Crippen LogP contribution is 2.32. The summed E-state index contributed by atoms with van der Waals surface area (Å²) in [5, 5.41) is 7.76. The van der Waals surface area contributed by atoms with Gasteiger partial charge in [0.05, 0.1) is 12.8 Å². The van der Waals surface area contributed by atoms with Crippen molar-refractivity contribution < 1.29 is 19.0 Å². The van der Waals surface area contributed by atoms with Gasteiger partial charge in [0.25, 0.3) is 0 Å². The van der Waals surface area contributed by atoms with Gasteiger partial charge < -0.3 is 19.5 Å². The van der Waals surface area contributed by atoms with Crippen molar-refractivity contribution in [2.75, 3.05) is 13.9 Å². The summed E-state index contributed by atoms with van der Waals surface area (Å²) >= 11 is 0. The van der Waals surface area contributed by atoms with E-state index in [0.717, 1.165) is 50.9 Å². The van der Waals surface area contributed by atoms with Gasteiger partial charge in [0.1, 0.15) is 5.75 Å². The van der Waals surface area contributed by atoms with Crippen LogP contribution in [-0.2, 0) is 17.8 Å². The first kappa shape index (κ1) is 21.8. The Hall–Kier alpha value is -4.07. The average molecular weight is 459 g/mol. The number of para-hydroxylation sites is 1. The minimum absolute atomic E-state index is 0.0215. The number of ether oxygens (including phenoxy) is 3. The average Bonchev–Trinajstić information content (AvgIpc) is 3.49. The van der Waals surface area contributed by atoms with E-state index in [1.54, 1.807) is 7.11 Å². The smallest absolute Gasteiger partial charge is 0.231 e. The first-order valence-electron chi connectivity index (χ1n) is 11.2. The maximum absolute atomic E-state index is 12.5. The molecule has 8 heteroatoms. The Labute approximate surface area is 197 Å². The molecular formula is C26H26N4O4. The molecule has 1 amide bonds. The third-order valence-electron chi connectivity index (χ3n) is 6.08. The molecule has 174 valence electrons. The molecule has 0 atom stereocenters. The van der Waals surface area contributed by atoms with Crippen LogP contribution < -0.4 is 19.5 Å². The molecule has 34 heavy (non-hydrogen) atoms. The van der Waals surface area contributed by atoms with Crippen molar-refractivity contribution in [1.29, 1.82) is 0 Å². The largest absolute Gasteiger partial charge is 0.496 e. The molecule has 2 aromatic heterocycles. The van der Waals surface area contributed by atoms with Gasteiger partial charge in [-0.25, -0.2) is 9.50 Å². The predicted octanol–water partition coefficient (Wildman–Crippen LogP) is 4.00. The van der Waals surface area contributed by atoms with E-state index in [2.05, 4.69) is 5.32 Å². The molecule has 8 nitrogen and oxygen atoms in total. The second-order valence-corrected chi connectivity index (χ2v) is 8.23. The minimum Gasteiger partial charge on any atom is -0.496 e. The number of methoxy groups -OCH3 is 1. The van der Waals surface area contributed by atoms with Crippen LogP contribution >= 0.6 is 0 Å². The lowest BCUT2D eigenvalue weighted by atomic mass is 10.1. The van der Waals surface area contributed by atoms with Crippen LogP contribution in [0.25, 0.3) is 16.9 Å². The zero-order valence-corrected chi connectivity index (χ0v) is 19.4. The molecule has 0 aliphatic carbocycles. The van der Waals surface area contributed by atoms with Gasteiger partial charge in [0.2, 0.25) is 12.7 Å². The topological polar surface area (TPSA) is 87.0 Å². The number of carbonyl (C=O) groups excluding carboxylic acids is 1. The number of hydrogen-bond acceptors (Lipinski definition) is 6. The first-order valence-corrected chi connectivity index (χ1v) is 11.2. The highest BCUT2D eigenvalue weighted by Gasteiger charge is 2.17. The lowest BCUT2D eigenvalue weighted by molar-refractivity contribution is -0.121. The van der Waals surface area contributed by atoms with Crippen molar-refractivity contribution in [3.05, 3.63) is 71.0 Å². The summed E-state index contributed by atoms with van der Waals surface area (Å²) in [6.45, 7) is 4.66. The number of rotatable bonds is 7. The summed E-state index contributed by atoms with van der Waals surface area (Å²) in [6.07, 6.45) is 0.942. The Bertz CT molecular complexity index is 1380. The van der Waals surface area contributed by atoms with Crippen LogP contribution in [0.5, 0.6) is 17.2 Å². The third kappa shape index (κ3) is 4.14. The van der Waals surface area contributed by atoms with Crippen LogP contribution in [0.3, 0.4) is 0 Å².